The summed E-state index contributed by atoms with van der Waals surface area (Å²) >= 11 is 1.35. The van der Waals surface area contributed by atoms with Crippen molar-refractivity contribution in [1.29, 1.82) is 0 Å². The summed E-state index contributed by atoms with van der Waals surface area (Å²) < 4.78 is 2.00. The van der Waals surface area contributed by atoms with Crippen molar-refractivity contribution in [3.8, 4) is 17.1 Å². The number of aromatic nitrogens is 3. The Bertz CT molecular complexity index is 1200. The van der Waals surface area contributed by atoms with E-state index in [0.29, 0.717) is 17.5 Å². The summed E-state index contributed by atoms with van der Waals surface area (Å²) in [6.45, 7) is 4.59. The highest BCUT2D eigenvalue weighted by molar-refractivity contribution is 7.99. The molecule has 0 saturated carbocycles. The molecule has 0 aliphatic rings. The zero-order valence-electron chi connectivity index (χ0n) is 17.9. The molecule has 0 saturated heterocycles. The lowest BCUT2D eigenvalue weighted by Crippen LogP contribution is -2.15. The van der Waals surface area contributed by atoms with Crippen molar-refractivity contribution in [2.45, 2.75) is 25.5 Å². The third-order valence-electron chi connectivity index (χ3n) is 4.86. The summed E-state index contributed by atoms with van der Waals surface area (Å²) in [5.41, 5.74) is 4.96. The van der Waals surface area contributed by atoms with Gasteiger partial charge in [0.2, 0.25) is 5.91 Å². The molecule has 1 aromatic heterocycles. The molecule has 1 amide bonds. The number of amides is 1. The summed E-state index contributed by atoms with van der Waals surface area (Å²) in [6.07, 6.45) is 0. The van der Waals surface area contributed by atoms with E-state index in [2.05, 4.69) is 21.6 Å². The molecule has 0 fully saturated rings. The number of hydrogen-bond donors (Lipinski definition) is 2. The molecule has 0 radical (unpaired) electrons. The molecule has 0 bridgehead atoms. The number of anilines is 1. The van der Waals surface area contributed by atoms with E-state index >= 15 is 0 Å². The Labute approximate surface area is 191 Å². The molecule has 4 aromatic rings. The van der Waals surface area contributed by atoms with Crippen molar-refractivity contribution in [3.63, 3.8) is 0 Å². The second-order valence-electron chi connectivity index (χ2n) is 7.64. The Morgan fingerprint density at radius 3 is 2.34 bits per heavy atom. The largest absolute Gasteiger partial charge is 0.508 e. The van der Waals surface area contributed by atoms with E-state index in [1.807, 2.05) is 73.0 Å². The van der Waals surface area contributed by atoms with E-state index in [9.17, 15) is 9.90 Å². The Morgan fingerprint density at radius 2 is 1.66 bits per heavy atom. The van der Waals surface area contributed by atoms with Crippen LogP contribution >= 0.6 is 11.8 Å². The second-order valence-corrected chi connectivity index (χ2v) is 8.58. The van der Waals surface area contributed by atoms with E-state index in [4.69, 9.17) is 0 Å². The molecule has 0 atom stereocenters. The molecule has 1 heterocycles. The van der Waals surface area contributed by atoms with Crippen LogP contribution in [0.25, 0.3) is 11.4 Å². The first-order valence-corrected chi connectivity index (χ1v) is 11.2. The van der Waals surface area contributed by atoms with Crippen LogP contribution in [0.1, 0.15) is 16.7 Å². The number of nitrogens with zero attached hydrogens (tertiary/aromatic N) is 3. The van der Waals surface area contributed by atoms with Crippen molar-refractivity contribution in [2.24, 2.45) is 0 Å². The maximum Gasteiger partial charge on any atom is 0.234 e. The van der Waals surface area contributed by atoms with Crippen molar-refractivity contribution < 1.29 is 9.90 Å². The summed E-state index contributed by atoms with van der Waals surface area (Å²) in [6, 6.07) is 22.9. The maximum absolute atomic E-state index is 12.6. The lowest BCUT2D eigenvalue weighted by atomic mass is 10.1. The average Bonchev–Trinajstić information content (AvgIpc) is 3.15. The zero-order valence-corrected chi connectivity index (χ0v) is 18.8. The molecule has 3 aromatic carbocycles. The smallest absolute Gasteiger partial charge is 0.234 e. The highest BCUT2D eigenvalue weighted by Gasteiger charge is 2.16. The van der Waals surface area contributed by atoms with Crippen LogP contribution in [0, 0.1) is 13.8 Å². The fourth-order valence-corrected chi connectivity index (χ4v) is 4.24. The molecule has 6 nitrogen and oxygen atoms in total. The fourth-order valence-electron chi connectivity index (χ4n) is 3.50. The molecule has 2 N–H and O–H groups in total. The summed E-state index contributed by atoms with van der Waals surface area (Å²) in [4.78, 5) is 12.6. The number of benzene rings is 3. The molecule has 0 aliphatic carbocycles. The number of thioether (sulfide) groups is 1. The van der Waals surface area contributed by atoms with E-state index < -0.39 is 0 Å². The Morgan fingerprint density at radius 1 is 0.969 bits per heavy atom. The van der Waals surface area contributed by atoms with Gasteiger partial charge in [-0.05, 0) is 66.9 Å². The molecule has 4 rings (SSSR count). The first kappa shape index (κ1) is 21.6. The molecular formula is C25H24N4O2S. The summed E-state index contributed by atoms with van der Waals surface area (Å²) in [5, 5.41) is 22.0. The molecule has 7 heteroatoms. The van der Waals surface area contributed by atoms with Crippen LogP contribution in [0.4, 0.5) is 5.69 Å². The zero-order chi connectivity index (χ0) is 22.5. The van der Waals surface area contributed by atoms with Crippen LogP contribution in [0.15, 0.2) is 78.0 Å². The number of phenols is 1. The van der Waals surface area contributed by atoms with Crippen molar-refractivity contribution in [1.82, 2.24) is 14.8 Å². The molecule has 0 aliphatic heterocycles. The standard InChI is InChI=1S/C25H24N4O2S/c1-17-12-18(2)14-21(13-17)26-23(31)16-32-25-28-27-24(20-8-10-22(30)11-9-20)29(25)15-19-6-4-3-5-7-19/h3-14,30H,15-16H2,1-2H3,(H,26,31). The van der Waals surface area contributed by atoms with Gasteiger partial charge in [0, 0.05) is 11.3 Å². The van der Waals surface area contributed by atoms with Gasteiger partial charge in [0.15, 0.2) is 11.0 Å². The third kappa shape index (κ3) is 5.36. The number of rotatable bonds is 7. The van der Waals surface area contributed by atoms with E-state index in [0.717, 1.165) is 27.9 Å². The first-order valence-electron chi connectivity index (χ1n) is 10.3. The number of aryl methyl sites for hydroxylation is 2. The fraction of sp³-hybridized carbons (Fsp3) is 0.160. The van der Waals surface area contributed by atoms with E-state index in [-0.39, 0.29) is 17.4 Å². The highest BCUT2D eigenvalue weighted by Crippen LogP contribution is 2.26. The molecular weight excluding hydrogens is 420 g/mol. The Kier molecular flexibility index (Phi) is 6.56. The minimum atomic E-state index is -0.0968. The van der Waals surface area contributed by atoms with Gasteiger partial charge in [0.05, 0.1) is 12.3 Å². The normalized spacial score (nSPS) is 10.8. The van der Waals surface area contributed by atoms with Crippen molar-refractivity contribution in [2.75, 3.05) is 11.1 Å². The van der Waals surface area contributed by atoms with E-state index in [1.165, 1.54) is 11.8 Å². The lowest BCUT2D eigenvalue weighted by molar-refractivity contribution is -0.113. The number of hydrogen-bond acceptors (Lipinski definition) is 5. The van der Waals surface area contributed by atoms with E-state index in [1.54, 1.807) is 12.1 Å². The van der Waals surface area contributed by atoms with Gasteiger partial charge >= 0.3 is 0 Å². The quantitative estimate of drug-likeness (QED) is 0.390. The van der Waals surface area contributed by atoms with Crippen LogP contribution in [0.3, 0.4) is 0 Å². The molecule has 0 spiro atoms. The third-order valence-corrected chi connectivity index (χ3v) is 5.83. The minimum absolute atomic E-state index is 0.0968. The van der Waals surface area contributed by atoms with Crippen LogP contribution < -0.4 is 5.32 Å². The number of carbonyl (C=O) groups is 1. The van der Waals surface area contributed by atoms with Gasteiger partial charge in [-0.25, -0.2) is 0 Å². The Balaban J connectivity index is 1.54. The van der Waals surface area contributed by atoms with Crippen LogP contribution in [-0.2, 0) is 11.3 Å². The van der Waals surface area contributed by atoms with Gasteiger partial charge in [-0.2, -0.15) is 0 Å². The number of phenolic OH excluding ortho intramolecular Hbond substituents is 1. The predicted molar refractivity (Wildman–Crippen MR) is 128 cm³/mol. The van der Waals surface area contributed by atoms with Gasteiger partial charge in [-0.1, -0.05) is 48.2 Å². The SMILES string of the molecule is Cc1cc(C)cc(NC(=O)CSc2nnc(-c3ccc(O)cc3)n2Cc2ccccc2)c1. The number of aromatic hydroxyl groups is 1. The second kappa shape index (κ2) is 9.70. The van der Waals surface area contributed by atoms with Crippen LogP contribution in [-0.4, -0.2) is 31.5 Å². The monoisotopic (exact) mass is 444 g/mol. The number of carbonyl (C=O) groups excluding carboxylic acids is 1. The molecule has 162 valence electrons. The van der Waals surface area contributed by atoms with Gasteiger partial charge < -0.3 is 10.4 Å². The maximum atomic E-state index is 12.6. The van der Waals surface area contributed by atoms with Crippen molar-refractivity contribution in [3.05, 3.63) is 89.5 Å². The van der Waals surface area contributed by atoms with Crippen LogP contribution in [0.5, 0.6) is 5.75 Å². The minimum Gasteiger partial charge on any atom is -0.508 e. The van der Waals surface area contributed by atoms with Gasteiger partial charge in [-0.15, -0.1) is 10.2 Å². The summed E-state index contributed by atoms with van der Waals surface area (Å²) in [7, 11) is 0. The Hall–Kier alpha value is -3.58. The lowest BCUT2D eigenvalue weighted by Gasteiger charge is -2.11. The van der Waals surface area contributed by atoms with Crippen LogP contribution in [0.2, 0.25) is 0 Å². The average molecular weight is 445 g/mol. The van der Waals surface area contributed by atoms with Gasteiger partial charge in [-0.3, -0.25) is 9.36 Å². The predicted octanol–water partition coefficient (Wildman–Crippen LogP) is 5.05. The summed E-state index contributed by atoms with van der Waals surface area (Å²) in [5.74, 6) is 1.00. The van der Waals surface area contributed by atoms with Crippen molar-refractivity contribution >= 4 is 23.4 Å². The number of nitrogens with one attached hydrogen (secondary N) is 1. The first-order chi connectivity index (χ1) is 15.5. The topological polar surface area (TPSA) is 80.0 Å². The van der Waals surface area contributed by atoms with Gasteiger partial charge in [0.1, 0.15) is 5.75 Å². The molecule has 0 unspecified atom stereocenters. The molecule has 32 heavy (non-hydrogen) atoms. The highest BCUT2D eigenvalue weighted by atomic mass is 32.2. The van der Waals surface area contributed by atoms with Gasteiger partial charge in [0.25, 0.3) is 0 Å².